The van der Waals surface area contributed by atoms with Crippen molar-refractivity contribution in [1.82, 2.24) is 14.8 Å². The maximum atomic E-state index is 12.6. The van der Waals surface area contributed by atoms with Crippen molar-refractivity contribution in [2.75, 3.05) is 5.32 Å². The lowest BCUT2D eigenvalue weighted by molar-refractivity contribution is -0.137. The lowest BCUT2D eigenvalue weighted by Gasteiger charge is -2.11. The summed E-state index contributed by atoms with van der Waals surface area (Å²) >= 11 is 6.08. The lowest BCUT2D eigenvalue weighted by atomic mass is 10.1. The van der Waals surface area contributed by atoms with Crippen molar-refractivity contribution < 1.29 is 18.0 Å². The minimum atomic E-state index is -4.54. The van der Waals surface area contributed by atoms with Crippen LogP contribution in [0.4, 0.5) is 18.9 Å². The first-order chi connectivity index (χ1) is 13.7. The summed E-state index contributed by atoms with van der Waals surface area (Å²) in [6, 6.07) is 8.32. The van der Waals surface area contributed by atoms with Crippen molar-refractivity contribution in [2.24, 2.45) is 5.73 Å². The Labute approximate surface area is 166 Å². The van der Waals surface area contributed by atoms with Gasteiger partial charge in [-0.1, -0.05) is 23.7 Å². The van der Waals surface area contributed by atoms with Crippen LogP contribution >= 0.6 is 11.6 Å². The number of benzene rings is 1. The number of aromatic nitrogens is 3. The van der Waals surface area contributed by atoms with Gasteiger partial charge in [0.1, 0.15) is 5.02 Å². The van der Waals surface area contributed by atoms with Gasteiger partial charge in [0.25, 0.3) is 5.56 Å². The fraction of sp³-hybridized carbons (Fsp3) is 0.111. The van der Waals surface area contributed by atoms with E-state index in [2.05, 4.69) is 15.4 Å². The zero-order valence-electron chi connectivity index (χ0n) is 14.6. The number of nitrogens with two attached hydrogens (primary N) is 1. The maximum absolute atomic E-state index is 12.6. The number of rotatable bonds is 5. The summed E-state index contributed by atoms with van der Waals surface area (Å²) in [6.07, 6.45) is -2.66. The largest absolute Gasteiger partial charge is 0.417 e. The van der Waals surface area contributed by atoms with E-state index in [4.69, 9.17) is 17.3 Å². The molecular weight excluding hydrogens is 411 g/mol. The number of anilines is 1. The number of nitrogens with one attached hydrogen (secondary N) is 1. The highest BCUT2D eigenvalue weighted by Crippen LogP contribution is 2.28. The number of hydrogen-bond donors (Lipinski definition) is 2. The number of hydrogen-bond acceptors (Lipinski definition) is 5. The van der Waals surface area contributed by atoms with Crippen LogP contribution in [0.3, 0.4) is 0 Å². The Morgan fingerprint density at radius 2 is 1.83 bits per heavy atom. The highest BCUT2D eigenvalue weighted by Gasteiger charge is 2.30. The average Bonchev–Trinajstić information content (AvgIpc) is 2.69. The molecule has 0 aliphatic heterocycles. The zero-order chi connectivity index (χ0) is 21.2. The van der Waals surface area contributed by atoms with Crippen LogP contribution in [0.25, 0.3) is 5.82 Å². The van der Waals surface area contributed by atoms with E-state index in [1.54, 1.807) is 24.3 Å². The summed E-state index contributed by atoms with van der Waals surface area (Å²) in [5.74, 6) is -0.643. The number of carbonyl (C=O) groups excluding carboxylic acids is 1. The van der Waals surface area contributed by atoms with Crippen LogP contribution in [-0.2, 0) is 12.7 Å². The molecular formula is C18H13ClF3N5O2. The quantitative estimate of drug-likeness (QED) is 0.656. The van der Waals surface area contributed by atoms with Crippen LogP contribution in [-0.4, -0.2) is 20.7 Å². The van der Waals surface area contributed by atoms with Crippen LogP contribution in [0.1, 0.15) is 21.5 Å². The van der Waals surface area contributed by atoms with E-state index < -0.39 is 23.2 Å². The molecule has 1 amide bonds. The number of carbonyl (C=O) groups is 1. The van der Waals surface area contributed by atoms with Gasteiger partial charge in [-0.2, -0.15) is 23.0 Å². The second-order valence-electron chi connectivity index (χ2n) is 5.91. The van der Waals surface area contributed by atoms with Crippen LogP contribution in [0.5, 0.6) is 0 Å². The van der Waals surface area contributed by atoms with Crippen LogP contribution in [0, 0.1) is 0 Å². The molecule has 0 radical (unpaired) electrons. The van der Waals surface area contributed by atoms with Gasteiger partial charge in [-0.05, 0) is 29.8 Å². The van der Waals surface area contributed by atoms with Gasteiger partial charge >= 0.3 is 6.18 Å². The Kier molecular flexibility index (Phi) is 5.55. The Bertz CT molecular complexity index is 1100. The van der Waals surface area contributed by atoms with E-state index in [1.165, 1.54) is 6.20 Å². The Morgan fingerprint density at radius 1 is 1.14 bits per heavy atom. The third-order valence-electron chi connectivity index (χ3n) is 3.93. The first-order valence-corrected chi connectivity index (χ1v) is 8.48. The molecule has 0 atom stereocenters. The normalized spacial score (nSPS) is 11.3. The van der Waals surface area contributed by atoms with Crippen molar-refractivity contribution in [2.45, 2.75) is 12.7 Å². The summed E-state index contributed by atoms with van der Waals surface area (Å²) < 4.78 is 38.7. The predicted octanol–water partition coefficient (Wildman–Crippen LogP) is 3.01. The van der Waals surface area contributed by atoms with E-state index in [0.717, 1.165) is 22.4 Å². The topological polar surface area (TPSA) is 103 Å². The van der Waals surface area contributed by atoms with Gasteiger partial charge < -0.3 is 11.1 Å². The molecule has 2 heterocycles. The minimum Gasteiger partial charge on any atom is -0.378 e. The van der Waals surface area contributed by atoms with Crippen molar-refractivity contribution in [3.63, 3.8) is 0 Å². The SMILES string of the molecule is NC(=O)c1ccc(CNc2cnn(-c3ccc(C(F)(F)F)cn3)c(=O)c2Cl)cc1. The molecule has 150 valence electrons. The molecule has 3 aromatic rings. The first kappa shape index (κ1) is 20.3. The molecule has 0 fully saturated rings. The van der Waals surface area contributed by atoms with E-state index in [0.29, 0.717) is 11.8 Å². The highest BCUT2D eigenvalue weighted by molar-refractivity contribution is 6.32. The van der Waals surface area contributed by atoms with E-state index in [1.807, 2.05) is 0 Å². The minimum absolute atomic E-state index is 0.0986. The molecule has 0 saturated heterocycles. The second-order valence-corrected chi connectivity index (χ2v) is 6.28. The molecule has 11 heteroatoms. The van der Waals surface area contributed by atoms with Crippen molar-refractivity contribution in [3.8, 4) is 5.82 Å². The monoisotopic (exact) mass is 423 g/mol. The van der Waals surface area contributed by atoms with Gasteiger partial charge in [-0.25, -0.2) is 4.98 Å². The molecule has 0 unspecified atom stereocenters. The predicted molar refractivity (Wildman–Crippen MR) is 99.9 cm³/mol. The van der Waals surface area contributed by atoms with Gasteiger partial charge in [-0.15, -0.1) is 0 Å². The standard InChI is InChI=1S/C18H13ClF3N5O2/c19-15-13(24-7-10-1-3-11(4-2-10)16(23)28)9-26-27(17(15)29)14-6-5-12(8-25-14)18(20,21)22/h1-6,8-9,24H,7H2,(H2,23,28). The van der Waals surface area contributed by atoms with Crippen LogP contribution in [0.15, 0.2) is 53.6 Å². The summed E-state index contributed by atoms with van der Waals surface area (Å²) in [6.45, 7) is 0.280. The van der Waals surface area contributed by atoms with Gasteiger partial charge in [0.05, 0.1) is 17.4 Å². The van der Waals surface area contributed by atoms with Crippen LogP contribution in [0.2, 0.25) is 5.02 Å². The van der Waals surface area contributed by atoms with Crippen molar-refractivity contribution in [1.29, 1.82) is 0 Å². The molecule has 0 aliphatic carbocycles. The van der Waals surface area contributed by atoms with Gasteiger partial charge in [0, 0.05) is 18.3 Å². The van der Waals surface area contributed by atoms with Crippen LogP contribution < -0.4 is 16.6 Å². The number of alkyl halides is 3. The van der Waals surface area contributed by atoms with E-state index >= 15 is 0 Å². The third-order valence-corrected chi connectivity index (χ3v) is 4.30. The number of primary amides is 1. The lowest BCUT2D eigenvalue weighted by Crippen LogP contribution is -2.23. The second kappa shape index (κ2) is 7.92. The molecule has 0 bridgehead atoms. The van der Waals surface area contributed by atoms with Gasteiger partial charge in [0.2, 0.25) is 5.91 Å². The molecule has 0 aliphatic rings. The van der Waals surface area contributed by atoms with Crippen molar-refractivity contribution >= 4 is 23.2 Å². The average molecular weight is 424 g/mol. The van der Waals surface area contributed by atoms with Gasteiger partial charge in [0.15, 0.2) is 5.82 Å². The highest BCUT2D eigenvalue weighted by atomic mass is 35.5. The summed E-state index contributed by atoms with van der Waals surface area (Å²) in [7, 11) is 0. The Balaban J connectivity index is 1.79. The maximum Gasteiger partial charge on any atom is 0.417 e. The number of halogens is 4. The summed E-state index contributed by atoms with van der Waals surface area (Å²) in [5.41, 5.74) is 4.88. The summed E-state index contributed by atoms with van der Waals surface area (Å²) in [4.78, 5) is 27.1. The van der Waals surface area contributed by atoms with Gasteiger partial charge in [-0.3, -0.25) is 9.59 Å². The number of nitrogens with zero attached hydrogens (tertiary/aromatic N) is 3. The Morgan fingerprint density at radius 3 is 2.38 bits per heavy atom. The molecule has 3 N–H and O–H groups in total. The van der Waals surface area contributed by atoms with E-state index in [9.17, 15) is 22.8 Å². The molecule has 0 saturated carbocycles. The smallest absolute Gasteiger partial charge is 0.378 e. The fourth-order valence-corrected chi connectivity index (χ4v) is 2.58. The fourth-order valence-electron chi connectivity index (χ4n) is 2.38. The number of pyridine rings is 1. The molecule has 1 aromatic carbocycles. The third kappa shape index (κ3) is 4.54. The zero-order valence-corrected chi connectivity index (χ0v) is 15.3. The molecule has 2 aromatic heterocycles. The van der Waals surface area contributed by atoms with E-state index in [-0.39, 0.29) is 23.1 Å². The van der Waals surface area contributed by atoms with Crippen molar-refractivity contribution in [3.05, 3.63) is 80.9 Å². The first-order valence-electron chi connectivity index (χ1n) is 8.11. The molecule has 29 heavy (non-hydrogen) atoms. The summed E-state index contributed by atoms with van der Waals surface area (Å²) in [5, 5.41) is 6.64. The number of amides is 1. The molecule has 3 rings (SSSR count). The molecule has 7 nitrogen and oxygen atoms in total. The molecule has 0 spiro atoms. The Hall–Kier alpha value is -3.40.